The molecule has 3 aromatic rings. The van der Waals surface area contributed by atoms with Gasteiger partial charge in [-0.3, -0.25) is 9.80 Å². The van der Waals surface area contributed by atoms with Crippen molar-refractivity contribution < 1.29 is 18.3 Å². The molecule has 0 spiro atoms. The van der Waals surface area contributed by atoms with E-state index < -0.39 is 5.92 Å². The van der Waals surface area contributed by atoms with E-state index in [9.17, 15) is 8.78 Å². The summed E-state index contributed by atoms with van der Waals surface area (Å²) in [6, 6.07) is 5.71. The van der Waals surface area contributed by atoms with Crippen LogP contribution in [0.5, 0.6) is 11.5 Å². The van der Waals surface area contributed by atoms with Crippen LogP contribution >= 0.6 is 11.5 Å². The van der Waals surface area contributed by atoms with Crippen LogP contribution in [-0.2, 0) is 13.1 Å². The molecule has 4 heterocycles. The van der Waals surface area contributed by atoms with E-state index in [1.165, 1.54) is 11.5 Å². The molecule has 1 fully saturated rings. The van der Waals surface area contributed by atoms with E-state index in [-0.39, 0.29) is 19.0 Å². The Hall–Kier alpha value is -2.70. The first kappa shape index (κ1) is 24.0. The minimum absolute atomic E-state index is 0.0822. The standard InChI is InChI=1S/C23H29F2N7O2S/c1-15-26-22(35-29-15)21-28-27-20-18(6-8-30-9-7-23(24,25)14-30)31(10-11-32(20)21)13-16-4-5-17(33-2)12-19(16)34-3/h4-5,12,18H,6-11,13-14H2,1-3H3. The number of alkyl halides is 2. The van der Waals surface area contributed by atoms with E-state index in [4.69, 9.17) is 9.47 Å². The maximum atomic E-state index is 13.8. The molecule has 1 aromatic carbocycles. The number of aromatic nitrogens is 5. The van der Waals surface area contributed by atoms with Gasteiger partial charge in [-0.2, -0.15) is 4.37 Å². The minimum Gasteiger partial charge on any atom is -0.497 e. The second-order valence-corrected chi connectivity index (χ2v) is 9.77. The van der Waals surface area contributed by atoms with Gasteiger partial charge >= 0.3 is 0 Å². The highest BCUT2D eigenvalue weighted by molar-refractivity contribution is 7.09. The summed E-state index contributed by atoms with van der Waals surface area (Å²) < 4.78 is 44.9. The van der Waals surface area contributed by atoms with Crippen molar-refractivity contribution in [2.45, 2.75) is 44.8 Å². The van der Waals surface area contributed by atoms with Gasteiger partial charge < -0.3 is 14.0 Å². The Morgan fingerprint density at radius 3 is 2.69 bits per heavy atom. The summed E-state index contributed by atoms with van der Waals surface area (Å²) in [6.07, 6.45) is 0.586. The number of halogens is 2. The van der Waals surface area contributed by atoms with Crippen LogP contribution in [-0.4, -0.2) is 80.2 Å². The maximum Gasteiger partial charge on any atom is 0.261 e. The number of nitrogens with zero attached hydrogens (tertiary/aromatic N) is 7. The average Bonchev–Trinajstić information content (AvgIpc) is 3.56. The average molecular weight is 506 g/mol. The maximum absolute atomic E-state index is 13.8. The number of benzene rings is 1. The summed E-state index contributed by atoms with van der Waals surface area (Å²) in [5.41, 5.74) is 1.03. The van der Waals surface area contributed by atoms with Crippen molar-refractivity contribution in [1.29, 1.82) is 0 Å². The molecule has 2 aliphatic heterocycles. The SMILES string of the molecule is COc1ccc(CN2CCn3c(-c4nc(C)ns4)nnc3C2CCN2CCC(F)(F)C2)c(OC)c1. The van der Waals surface area contributed by atoms with Crippen LogP contribution in [0.4, 0.5) is 8.78 Å². The lowest BCUT2D eigenvalue weighted by molar-refractivity contribution is 0.0110. The normalized spacial score (nSPS) is 20.2. The predicted octanol–water partition coefficient (Wildman–Crippen LogP) is 3.41. The van der Waals surface area contributed by atoms with Gasteiger partial charge in [0.2, 0.25) is 0 Å². The summed E-state index contributed by atoms with van der Waals surface area (Å²) >= 11 is 1.31. The lowest BCUT2D eigenvalue weighted by atomic mass is 10.1. The van der Waals surface area contributed by atoms with Gasteiger partial charge in [-0.15, -0.1) is 10.2 Å². The van der Waals surface area contributed by atoms with Crippen LogP contribution in [0.3, 0.4) is 0 Å². The van der Waals surface area contributed by atoms with E-state index in [0.717, 1.165) is 34.4 Å². The zero-order chi connectivity index (χ0) is 24.6. The first-order chi connectivity index (χ1) is 16.9. The van der Waals surface area contributed by atoms with Crippen LogP contribution in [0.1, 0.15) is 36.1 Å². The Bertz CT molecular complexity index is 1180. The third kappa shape index (κ3) is 5.00. The number of methoxy groups -OCH3 is 2. The number of rotatable bonds is 8. The van der Waals surface area contributed by atoms with Gasteiger partial charge in [0.25, 0.3) is 5.92 Å². The number of aryl methyl sites for hydroxylation is 1. The topological polar surface area (TPSA) is 81.4 Å². The number of likely N-dealkylation sites (tertiary alicyclic amines) is 1. The molecule has 1 unspecified atom stereocenters. The Morgan fingerprint density at radius 1 is 1.14 bits per heavy atom. The number of hydrogen-bond acceptors (Lipinski definition) is 9. The summed E-state index contributed by atoms with van der Waals surface area (Å²) in [7, 11) is 3.27. The van der Waals surface area contributed by atoms with Crippen LogP contribution in [0.2, 0.25) is 0 Å². The van der Waals surface area contributed by atoms with Gasteiger partial charge in [-0.1, -0.05) is 6.07 Å². The molecule has 188 valence electrons. The van der Waals surface area contributed by atoms with Gasteiger partial charge in [0, 0.05) is 50.8 Å². The Balaban J connectivity index is 1.42. The highest BCUT2D eigenvalue weighted by Gasteiger charge is 2.39. The van der Waals surface area contributed by atoms with Crippen LogP contribution in [0.25, 0.3) is 10.8 Å². The van der Waals surface area contributed by atoms with Crippen LogP contribution in [0, 0.1) is 6.92 Å². The molecule has 12 heteroatoms. The van der Waals surface area contributed by atoms with Gasteiger partial charge in [0.1, 0.15) is 17.3 Å². The Labute approximate surface area is 206 Å². The predicted molar refractivity (Wildman–Crippen MR) is 127 cm³/mol. The second kappa shape index (κ2) is 9.75. The first-order valence-electron chi connectivity index (χ1n) is 11.7. The summed E-state index contributed by atoms with van der Waals surface area (Å²) in [4.78, 5) is 8.66. The molecule has 9 nitrogen and oxygen atoms in total. The molecule has 1 saturated heterocycles. The van der Waals surface area contributed by atoms with Crippen molar-refractivity contribution in [2.24, 2.45) is 0 Å². The fourth-order valence-electron chi connectivity index (χ4n) is 4.88. The van der Waals surface area contributed by atoms with Gasteiger partial charge in [0.05, 0.1) is 26.8 Å². The summed E-state index contributed by atoms with van der Waals surface area (Å²) in [6.45, 7) is 4.73. The molecule has 0 saturated carbocycles. The minimum atomic E-state index is -2.61. The van der Waals surface area contributed by atoms with E-state index in [2.05, 4.69) is 29.0 Å². The zero-order valence-electron chi connectivity index (χ0n) is 20.1. The molecular formula is C23H29F2N7O2S. The molecule has 2 aliphatic rings. The number of fused-ring (bicyclic) bond motifs is 1. The van der Waals surface area contributed by atoms with Crippen molar-refractivity contribution in [3.05, 3.63) is 35.4 Å². The van der Waals surface area contributed by atoms with Crippen molar-refractivity contribution in [3.8, 4) is 22.3 Å². The first-order valence-corrected chi connectivity index (χ1v) is 12.4. The van der Waals surface area contributed by atoms with Gasteiger partial charge in [-0.05, 0) is 30.9 Å². The van der Waals surface area contributed by atoms with Crippen LogP contribution in [0.15, 0.2) is 18.2 Å². The molecule has 0 bridgehead atoms. The quantitative estimate of drug-likeness (QED) is 0.461. The highest BCUT2D eigenvalue weighted by Crippen LogP contribution is 2.35. The molecule has 0 amide bonds. The molecule has 35 heavy (non-hydrogen) atoms. The fourth-order valence-corrected chi connectivity index (χ4v) is 5.55. The molecule has 5 rings (SSSR count). The van der Waals surface area contributed by atoms with E-state index in [1.807, 2.05) is 30.0 Å². The van der Waals surface area contributed by atoms with Crippen molar-refractivity contribution >= 4 is 11.5 Å². The monoisotopic (exact) mass is 505 g/mol. The number of ether oxygens (including phenoxy) is 2. The molecule has 1 atom stereocenters. The fraction of sp³-hybridized carbons (Fsp3) is 0.565. The van der Waals surface area contributed by atoms with Gasteiger partial charge in [-0.25, -0.2) is 13.8 Å². The van der Waals surface area contributed by atoms with Gasteiger partial charge in [0.15, 0.2) is 16.7 Å². The molecular weight excluding hydrogens is 476 g/mol. The Morgan fingerprint density at radius 2 is 2.00 bits per heavy atom. The Kier molecular flexibility index (Phi) is 6.69. The summed E-state index contributed by atoms with van der Waals surface area (Å²) in [5.74, 6) is 1.12. The third-order valence-corrected chi connectivity index (χ3v) is 7.49. The number of hydrogen-bond donors (Lipinski definition) is 0. The van der Waals surface area contributed by atoms with Crippen molar-refractivity contribution in [1.82, 2.24) is 33.9 Å². The lowest BCUT2D eigenvalue weighted by Gasteiger charge is -2.36. The largest absolute Gasteiger partial charge is 0.497 e. The third-order valence-electron chi connectivity index (χ3n) is 6.68. The van der Waals surface area contributed by atoms with Crippen molar-refractivity contribution in [3.63, 3.8) is 0 Å². The molecule has 2 aromatic heterocycles. The molecule has 0 radical (unpaired) electrons. The van der Waals surface area contributed by atoms with E-state index in [0.29, 0.717) is 44.2 Å². The van der Waals surface area contributed by atoms with Crippen molar-refractivity contribution in [2.75, 3.05) is 40.4 Å². The smallest absolute Gasteiger partial charge is 0.261 e. The highest BCUT2D eigenvalue weighted by atomic mass is 32.1. The molecule has 0 aliphatic carbocycles. The van der Waals surface area contributed by atoms with E-state index >= 15 is 0 Å². The van der Waals surface area contributed by atoms with Crippen LogP contribution < -0.4 is 9.47 Å². The second-order valence-electron chi connectivity index (χ2n) is 9.02. The lowest BCUT2D eigenvalue weighted by Crippen LogP contribution is -2.40. The molecule has 0 N–H and O–H groups in total. The zero-order valence-corrected chi connectivity index (χ0v) is 20.9. The van der Waals surface area contributed by atoms with E-state index in [1.54, 1.807) is 14.2 Å². The summed E-state index contributed by atoms with van der Waals surface area (Å²) in [5, 5.41) is 9.74.